The highest BCUT2D eigenvalue weighted by Gasteiger charge is 2.12. The van der Waals surface area contributed by atoms with Crippen molar-refractivity contribution in [2.45, 2.75) is 20.3 Å². The standard InChI is InChI=1S/C15H18N2O.C2H6O/c1-4-5-11-14-12(2)16-17(3)15(14)18-13-9-7-6-8-10-13;1-3-2/h5-11H,4H2,1-3H3;1-2H3/b11-5+;. The van der Waals surface area contributed by atoms with Gasteiger partial charge in [-0.2, -0.15) is 5.10 Å². The second-order valence-electron chi connectivity index (χ2n) is 4.56. The van der Waals surface area contributed by atoms with Gasteiger partial charge < -0.3 is 9.47 Å². The summed E-state index contributed by atoms with van der Waals surface area (Å²) >= 11 is 0. The molecule has 0 saturated heterocycles. The molecule has 0 bridgehead atoms. The van der Waals surface area contributed by atoms with Crippen molar-refractivity contribution in [2.24, 2.45) is 7.05 Å². The summed E-state index contributed by atoms with van der Waals surface area (Å²) in [4.78, 5) is 0. The molecule has 4 heteroatoms. The van der Waals surface area contributed by atoms with Crippen molar-refractivity contribution >= 4 is 6.08 Å². The number of allylic oxidation sites excluding steroid dienone is 1. The molecule has 0 spiro atoms. The lowest BCUT2D eigenvalue weighted by Gasteiger charge is -2.06. The predicted octanol–water partition coefficient (Wildman–Crippen LogP) is 4.21. The summed E-state index contributed by atoms with van der Waals surface area (Å²) < 4.78 is 11.9. The lowest BCUT2D eigenvalue weighted by molar-refractivity contribution is 0.277. The van der Waals surface area contributed by atoms with Gasteiger partial charge in [-0.25, -0.2) is 4.68 Å². The van der Waals surface area contributed by atoms with E-state index in [0.29, 0.717) is 0 Å². The van der Waals surface area contributed by atoms with E-state index < -0.39 is 0 Å². The van der Waals surface area contributed by atoms with Gasteiger partial charge in [0.1, 0.15) is 5.75 Å². The number of nitrogens with zero attached hydrogens (tertiary/aromatic N) is 2. The number of hydrogen-bond donors (Lipinski definition) is 0. The Hall–Kier alpha value is -2.07. The summed E-state index contributed by atoms with van der Waals surface area (Å²) in [6, 6.07) is 9.77. The van der Waals surface area contributed by atoms with Gasteiger partial charge in [0.05, 0.1) is 11.3 Å². The number of rotatable bonds is 4. The Morgan fingerprint density at radius 3 is 2.38 bits per heavy atom. The summed E-state index contributed by atoms with van der Waals surface area (Å²) in [5.74, 6) is 1.61. The highest BCUT2D eigenvalue weighted by Crippen LogP contribution is 2.28. The monoisotopic (exact) mass is 288 g/mol. The molecule has 2 rings (SSSR count). The molecule has 0 atom stereocenters. The third-order valence-electron chi connectivity index (χ3n) is 2.69. The first-order valence-electron chi connectivity index (χ1n) is 6.97. The van der Waals surface area contributed by atoms with E-state index in [9.17, 15) is 0 Å². The van der Waals surface area contributed by atoms with E-state index in [1.807, 2.05) is 44.3 Å². The van der Waals surface area contributed by atoms with E-state index in [1.165, 1.54) is 0 Å². The van der Waals surface area contributed by atoms with E-state index in [-0.39, 0.29) is 0 Å². The lowest BCUT2D eigenvalue weighted by atomic mass is 10.2. The van der Waals surface area contributed by atoms with Crippen LogP contribution < -0.4 is 4.74 Å². The third kappa shape index (κ3) is 5.08. The van der Waals surface area contributed by atoms with E-state index in [1.54, 1.807) is 18.9 Å². The van der Waals surface area contributed by atoms with Crippen molar-refractivity contribution in [1.29, 1.82) is 0 Å². The fraction of sp³-hybridized carbons (Fsp3) is 0.353. The van der Waals surface area contributed by atoms with Crippen LogP contribution in [0.25, 0.3) is 6.08 Å². The fourth-order valence-electron chi connectivity index (χ4n) is 1.80. The Morgan fingerprint density at radius 1 is 1.19 bits per heavy atom. The highest BCUT2D eigenvalue weighted by molar-refractivity contribution is 5.58. The molecule has 0 N–H and O–H groups in total. The van der Waals surface area contributed by atoms with Crippen molar-refractivity contribution < 1.29 is 9.47 Å². The molecule has 4 nitrogen and oxygen atoms in total. The smallest absolute Gasteiger partial charge is 0.225 e. The minimum atomic E-state index is 0.781. The van der Waals surface area contributed by atoms with Gasteiger partial charge in [0, 0.05) is 21.3 Å². The Balaban J connectivity index is 0.000000677. The first-order valence-corrected chi connectivity index (χ1v) is 6.97. The predicted molar refractivity (Wildman–Crippen MR) is 86.7 cm³/mol. The summed E-state index contributed by atoms with van der Waals surface area (Å²) in [5.41, 5.74) is 2.02. The molecule has 21 heavy (non-hydrogen) atoms. The van der Waals surface area contributed by atoms with E-state index in [0.717, 1.165) is 29.3 Å². The molecule has 0 radical (unpaired) electrons. The van der Waals surface area contributed by atoms with Crippen LogP contribution >= 0.6 is 0 Å². The van der Waals surface area contributed by atoms with E-state index in [2.05, 4.69) is 28.9 Å². The molecule has 114 valence electrons. The maximum atomic E-state index is 5.91. The first-order chi connectivity index (χ1) is 10.1. The van der Waals surface area contributed by atoms with Gasteiger partial charge in [0.2, 0.25) is 5.88 Å². The molecule has 2 aromatic rings. The number of aryl methyl sites for hydroxylation is 2. The minimum absolute atomic E-state index is 0.781. The minimum Gasteiger partial charge on any atom is -0.439 e. The number of ether oxygens (including phenoxy) is 2. The van der Waals surface area contributed by atoms with Crippen molar-refractivity contribution in [3.05, 3.63) is 47.7 Å². The largest absolute Gasteiger partial charge is 0.439 e. The first kappa shape index (κ1) is 17.0. The highest BCUT2D eigenvalue weighted by atomic mass is 16.5. The zero-order valence-electron chi connectivity index (χ0n) is 13.5. The van der Waals surface area contributed by atoms with Crippen molar-refractivity contribution in [3.63, 3.8) is 0 Å². The fourth-order valence-corrected chi connectivity index (χ4v) is 1.80. The van der Waals surface area contributed by atoms with Crippen molar-refractivity contribution in [2.75, 3.05) is 14.2 Å². The van der Waals surface area contributed by atoms with Crippen LogP contribution in [0.2, 0.25) is 0 Å². The maximum absolute atomic E-state index is 5.91. The van der Waals surface area contributed by atoms with Crippen LogP contribution in [0.15, 0.2) is 36.4 Å². The van der Waals surface area contributed by atoms with Crippen LogP contribution in [0.3, 0.4) is 0 Å². The van der Waals surface area contributed by atoms with Crippen LogP contribution in [0.1, 0.15) is 24.6 Å². The number of hydrogen-bond acceptors (Lipinski definition) is 3. The number of benzene rings is 1. The number of aromatic nitrogens is 2. The Bertz CT molecular complexity index is 560. The number of para-hydroxylation sites is 1. The Labute approximate surface area is 127 Å². The van der Waals surface area contributed by atoms with Gasteiger partial charge in [-0.1, -0.05) is 37.3 Å². The molecular formula is C17H24N2O2. The van der Waals surface area contributed by atoms with E-state index >= 15 is 0 Å². The van der Waals surface area contributed by atoms with E-state index in [4.69, 9.17) is 4.74 Å². The lowest BCUT2D eigenvalue weighted by Crippen LogP contribution is -1.95. The Morgan fingerprint density at radius 2 is 1.81 bits per heavy atom. The van der Waals surface area contributed by atoms with Gasteiger partial charge in [-0.05, 0) is 25.5 Å². The van der Waals surface area contributed by atoms with Crippen molar-refractivity contribution in [3.8, 4) is 11.6 Å². The summed E-state index contributed by atoms with van der Waals surface area (Å²) in [6.45, 7) is 4.10. The average Bonchev–Trinajstić information content (AvgIpc) is 2.73. The average molecular weight is 288 g/mol. The summed E-state index contributed by atoms with van der Waals surface area (Å²) in [5, 5.41) is 4.40. The molecule has 0 saturated carbocycles. The summed E-state index contributed by atoms with van der Waals surface area (Å²) in [7, 11) is 5.15. The molecule has 0 fully saturated rings. The quantitative estimate of drug-likeness (QED) is 0.845. The summed E-state index contributed by atoms with van der Waals surface area (Å²) in [6.07, 6.45) is 5.18. The molecule has 1 aromatic carbocycles. The molecule has 0 amide bonds. The molecule has 0 aliphatic carbocycles. The van der Waals surface area contributed by atoms with Gasteiger partial charge in [-0.3, -0.25) is 0 Å². The van der Waals surface area contributed by atoms with Gasteiger partial charge in [0.15, 0.2) is 0 Å². The number of methoxy groups -OCH3 is 1. The third-order valence-corrected chi connectivity index (χ3v) is 2.69. The zero-order valence-corrected chi connectivity index (χ0v) is 13.5. The molecule has 1 heterocycles. The zero-order chi connectivity index (χ0) is 15.7. The second-order valence-corrected chi connectivity index (χ2v) is 4.56. The molecule has 1 aromatic heterocycles. The van der Waals surface area contributed by atoms with Crippen LogP contribution in [-0.4, -0.2) is 24.0 Å². The molecular weight excluding hydrogens is 264 g/mol. The van der Waals surface area contributed by atoms with Crippen LogP contribution in [0.5, 0.6) is 11.6 Å². The molecule has 0 unspecified atom stereocenters. The van der Waals surface area contributed by atoms with Gasteiger partial charge in [-0.15, -0.1) is 0 Å². The van der Waals surface area contributed by atoms with Crippen LogP contribution in [-0.2, 0) is 11.8 Å². The SMILES string of the molecule is CC/C=C/c1c(C)nn(C)c1Oc1ccccc1.COC. The van der Waals surface area contributed by atoms with Gasteiger partial charge >= 0.3 is 0 Å². The van der Waals surface area contributed by atoms with Crippen LogP contribution in [0.4, 0.5) is 0 Å². The maximum Gasteiger partial charge on any atom is 0.225 e. The molecule has 0 aliphatic heterocycles. The van der Waals surface area contributed by atoms with Gasteiger partial charge in [0.25, 0.3) is 0 Å². The topological polar surface area (TPSA) is 36.3 Å². The van der Waals surface area contributed by atoms with Crippen LogP contribution in [0, 0.1) is 6.92 Å². The second kappa shape index (κ2) is 8.97. The Kier molecular flexibility index (Phi) is 7.26. The normalized spacial score (nSPS) is 10.3. The van der Waals surface area contributed by atoms with Crippen molar-refractivity contribution in [1.82, 2.24) is 9.78 Å². The molecule has 0 aliphatic rings.